The highest BCUT2D eigenvalue weighted by Gasteiger charge is 2.23. The summed E-state index contributed by atoms with van der Waals surface area (Å²) in [6.45, 7) is 0.369. The van der Waals surface area contributed by atoms with Crippen LogP contribution in [0.2, 0.25) is 6.04 Å². The monoisotopic (exact) mass is 612 g/mol. The van der Waals surface area contributed by atoms with Crippen LogP contribution < -0.4 is 0 Å². The summed E-state index contributed by atoms with van der Waals surface area (Å²) in [6, 6.07) is -1.54. The molecule has 0 aliphatic heterocycles. The smallest absolute Gasteiger partial charge is 0.341 e. The molecule has 0 aliphatic carbocycles. The molecule has 0 spiro atoms. The molecule has 38 heavy (non-hydrogen) atoms. The third-order valence-electron chi connectivity index (χ3n) is 8.12. The Bertz CT molecular complexity index is 431. The Hall–Kier alpha value is 1.05. The quantitative estimate of drug-likeness (QED) is 0.0443. The van der Waals surface area contributed by atoms with Crippen molar-refractivity contribution in [3.05, 3.63) is 0 Å². The molecule has 0 radical (unpaired) electrons. The van der Waals surface area contributed by atoms with E-state index in [0.29, 0.717) is 6.61 Å². The zero-order chi connectivity index (χ0) is 27.8. The SMILES string of the molecule is OCCCCCCCCCCCCCCCCCCCCCCCCCCCCCCCCC[Si](Cl)(Cl)Cl. The van der Waals surface area contributed by atoms with Crippen molar-refractivity contribution in [2.24, 2.45) is 0 Å². The summed E-state index contributed by atoms with van der Waals surface area (Å²) in [7, 11) is 0. The molecule has 1 nitrogen and oxygen atoms in total. The van der Waals surface area contributed by atoms with Crippen molar-refractivity contribution >= 4 is 39.2 Å². The largest absolute Gasteiger partial charge is 0.396 e. The minimum Gasteiger partial charge on any atom is -0.396 e. The van der Waals surface area contributed by atoms with Crippen molar-refractivity contribution in [1.82, 2.24) is 0 Å². The molecule has 0 aliphatic rings. The molecule has 0 saturated heterocycles. The van der Waals surface area contributed by atoms with Gasteiger partial charge in [-0.2, -0.15) is 0 Å². The van der Waals surface area contributed by atoms with Crippen LogP contribution in [0.15, 0.2) is 0 Å². The molecule has 1 N–H and O–H groups in total. The van der Waals surface area contributed by atoms with Gasteiger partial charge in [0.1, 0.15) is 0 Å². The lowest BCUT2D eigenvalue weighted by atomic mass is 10.0. The van der Waals surface area contributed by atoms with Gasteiger partial charge in [-0.15, -0.1) is 33.2 Å². The van der Waals surface area contributed by atoms with Gasteiger partial charge in [-0.3, -0.25) is 0 Å². The van der Waals surface area contributed by atoms with E-state index in [0.717, 1.165) is 18.9 Å². The van der Waals surface area contributed by atoms with Gasteiger partial charge in [0, 0.05) is 6.61 Å². The molecule has 0 fully saturated rings. The predicted molar refractivity (Wildman–Crippen MR) is 178 cm³/mol. The Balaban J connectivity index is 3.04. The lowest BCUT2D eigenvalue weighted by Gasteiger charge is -2.07. The second kappa shape index (κ2) is 32.6. The van der Waals surface area contributed by atoms with Crippen LogP contribution in [0, 0.1) is 0 Å². The minimum atomic E-state index is -2.37. The second-order valence-corrected chi connectivity index (χ2v) is 21.3. The first kappa shape index (κ1) is 39.0. The van der Waals surface area contributed by atoms with E-state index in [4.69, 9.17) is 38.3 Å². The van der Waals surface area contributed by atoms with E-state index in [1.807, 2.05) is 0 Å². The van der Waals surface area contributed by atoms with Gasteiger partial charge in [0.15, 0.2) is 0 Å². The highest BCUT2D eigenvalue weighted by atomic mass is 35.8. The molecule has 0 aromatic carbocycles. The van der Waals surface area contributed by atoms with Gasteiger partial charge in [-0.05, 0) is 12.5 Å². The molecule has 0 saturated carbocycles. The first-order chi connectivity index (χ1) is 18.6. The summed E-state index contributed by atoms with van der Waals surface area (Å²) in [5.41, 5.74) is 0. The molecule has 0 bridgehead atoms. The summed E-state index contributed by atoms with van der Waals surface area (Å²) < 4.78 is 0. The summed E-state index contributed by atoms with van der Waals surface area (Å²) in [4.78, 5) is 0. The lowest BCUT2D eigenvalue weighted by Crippen LogP contribution is -2.07. The lowest BCUT2D eigenvalue weighted by molar-refractivity contribution is 0.282. The first-order valence-corrected chi connectivity index (χ1v) is 22.5. The third-order valence-corrected chi connectivity index (χ3v) is 10.7. The minimum absolute atomic E-state index is 0.369. The fourth-order valence-corrected chi connectivity index (χ4v) is 7.42. The van der Waals surface area contributed by atoms with Crippen molar-refractivity contribution in [2.75, 3.05) is 6.61 Å². The number of aliphatic hydroxyl groups is 1. The van der Waals surface area contributed by atoms with Crippen molar-refractivity contribution < 1.29 is 5.11 Å². The van der Waals surface area contributed by atoms with E-state index >= 15 is 0 Å². The average molecular weight is 614 g/mol. The molecule has 0 aromatic heterocycles. The van der Waals surface area contributed by atoms with Crippen molar-refractivity contribution in [3.8, 4) is 0 Å². The maximum atomic E-state index is 8.78. The Morgan fingerprint density at radius 2 is 0.421 bits per heavy atom. The maximum Gasteiger partial charge on any atom is 0.341 e. The molecule has 0 heterocycles. The second-order valence-electron chi connectivity index (χ2n) is 12.0. The van der Waals surface area contributed by atoms with E-state index in [1.54, 1.807) is 0 Å². The highest BCUT2D eigenvalue weighted by molar-refractivity contribution is 7.64. The molecule has 0 atom stereocenters. The van der Waals surface area contributed by atoms with Gasteiger partial charge in [-0.25, -0.2) is 0 Å². The van der Waals surface area contributed by atoms with Gasteiger partial charge in [0.2, 0.25) is 0 Å². The zero-order valence-electron chi connectivity index (χ0n) is 25.4. The van der Waals surface area contributed by atoms with Gasteiger partial charge in [0.25, 0.3) is 0 Å². The molecule has 5 heteroatoms. The number of unbranched alkanes of at least 4 members (excludes halogenated alkanes) is 30. The van der Waals surface area contributed by atoms with Crippen LogP contribution in [0.1, 0.15) is 199 Å². The van der Waals surface area contributed by atoms with Gasteiger partial charge >= 0.3 is 6.00 Å². The van der Waals surface area contributed by atoms with E-state index < -0.39 is 6.00 Å². The topological polar surface area (TPSA) is 20.2 Å². The number of rotatable bonds is 33. The molecule has 0 aromatic rings. The van der Waals surface area contributed by atoms with Gasteiger partial charge in [0.05, 0.1) is 0 Å². The molecule has 0 amide bonds. The average Bonchev–Trinajstić information content (AvgIpc) is 2.88. The van der Waals surface area contributed by atoms with Crippen LogP contribution >= 0.6 is 33.2 Å². The number of aliphatic hydroxyl groups excluding tert-OH is 1. The van der Waals surface area contributed by atoms with E-state index in [9.17, 15) is 0 Å². The number of halogens is 3. The van der Waals surface area contributed by atoms with Crippen LogP contribution in [-0.4, -0.2) is 17.7 Å². The summed E-state index contributed by atoms with van der Waals surface area (Å²) >= 11 is 17.8. The molecule has 0 unspecified atom stereocenters. The van der Waals surface area contributed by atoms with Gasteiger partial charge < -0.3 is 5.11 Å². The zero-order valence-corrected chi connectivity index (χ0v) is 28.7. The van der Waals surface area contributed by atoms with Crippen molar-refractivity contribution in [3.63, 3.8) is 0 Å². The highest BCUT2D eigenvalue weighted by Crippen LogP contribution is 2.27. The Morgan fingerprint density at radius 3 is 0.579 bits per heavy atom. The summed E-state index contributed by atoms with van der Waals surface area (Å²) in [6.07, 6.45) is 43.2. The fourth-order valence-electron chi connectivity index (χ4n) is 5.56. The molecular weight excluding hydrogens is 547 g/mol. The Labute approximate surface area is 255 Å². The van der Waals surface area contributed by atoms with Crippen molar-refractivity contribution in [2.45, 2.75) is 205 Å². The van der Waals surface area contributed by atoms with Crippen LogP contribution in [-0.2, 0) is 0 Å². The molecular formula is C33H67Cl3OSi. The third kappa shape index (κ3) is 37.0. The summed E-state index contributed by atoms with van der Waals surface area (Å²) in [5, 5.41) is 8.78. The van der Waals surface area contributed by atoms with Crippen LogP contribution in [0.25, 0.3) is 0 Å². The Morgan fingerprint density at radius 1 is 0.263 bits per heavy atom. The first-order valence-electron chi connectivity index (χ1n) is 17.2. The van der Waals surface area contributed by atoms with Crippen molar-refractivity contribution in [1.29, 1.82) is 0 Å². The van der Waals surface area contributed by atoms with Gasteiger partial charge in [-0.1, -0.05) is 193 Å². The summed E-state index contributed by atoms with van der Waals surface area (Å²) in [5.74, 6) is 0. The van der Waals surface area contributed by atoms with Crippen LogP contribution in [0.4, 0.5) is 0 Å². The van der Waals surface area contributed by atoms with Crippen LogP contribution in [0.5, 0.6) is 0 Å². The van der Waals surface area contributed by atoms with Crippen LogP contribution in [0.3, 0.4) is 0 Å². The number of hydrogen-bond donors (Lipinski definition) is 1. The molecule has 230 valence electrons. The van der Waals surface area contributed by atoms with E-state index in [1.165, 1.54) is 186 Å². The van der Waals surface area contributed by atoms with E-state index in [2.05, 4.69) is 0 Å². The fraction of sp³-hybridized carbons (Fsp3) is 1.00. The standard InChI is InChI=1S/C33H67Cl3OSi/c34-38(35,36)33-31-29-27-25-23-21-19-17-15-13-11-9-7-5-3-1-2-4-6-8-10-12-14-16-18-20-22-24-26-28-30-32-37/h37H,1-33H2. The predicted octanol–water partition coefficient (Wildman–Crippen LogP) is 13.7. The Kier molecular flexibility index (Phi) is 33.5. The normalized spacial score (nSPS) is 12.0. The number of hydrogen-bond acceptors (Lipinski definition) is 1. The van der Waals surface area contributed by atoms with E-state index in [-0.39, 0.29) is 0 Å². The molecule has 0 rings (SSSR count). The maximum absolute atomic E-state index is 8.78.